The van der Waals surface area contributed by atoms with Crippen LogP contribution in [-0.4, -0.2) is 41.7 Å². The van der Waals surface area contributed by atoms with E-state index in [9.17, 15) is 0 Å². The summed E-state index contributed by atoms with van der Waals surface area (Å²) in [5.74, 6) is 2.84. The first-order chi connectivity index (χ1) is 9.63. The van der Waals surface area contributed by atoms with E-state index in [0.717, 1.165) is 30.9 Å². The highest BCUT2D eigenvalue weighted by atomic mass is 16.5. The van der Waals surface area contributed by atoms with E-state index in [1.54, 1.807) is 7.05 Å². The lowest BCUT2D eigenvalue weighted by molar-refractivity contribution is 0.302. The van der Waals surface area contributed by atoms with E-state index in [0.29, 0.717) is 18.6 Å². The summed E-state index contributed by atoms with van der Waals surface area (Å²) in [6, 6.07) is 0.396. The fourth-order valence-electron chi connectivity index (χ4n) is 2.56. The van der Waals surface area contributed by atoms with Gasteiger partial charge in [-0.2, -0.15) is 15.0 Å². The monoisotopic (exact) mass is 279 g/mol. The van der Waals surface area contributed by atoms with Crippen LogP contribution in [-0.2, 0) is 0 Å². The Morgan fingerprint density at radius 1 is 1.25 bits per heavy atom. The van der Waals surface area contributed by atoms with Crippen LogP contribution >= 0.6 is 0 Å². The van der Waals surface area contributed by atoms with Gasteiger partial charge in [-0.1, -0.05) is 13.8 Å². The zero-order valence-electron chi connectivity index (χ0n) is 12.9. The van der Waals surface area contributed by atoms with Crippen LogP contribution in [0.2, 0.25) is 0 Å². The molecule has 1 fully saturated rings. The summed E-state index contributed by atoms with van der Waals surface area (Å²) in [4.78, 5) is 15.3. The zero-order valence-corrected chi connectivity index (χ0v) is 12.9. The van der Waals surface area contributed by atoms with Crippen LogP contribution in [0.5, 0.6) is 6.01 Å². The van der Waals surface area contributed by atoms with Crippen LogP contribution in [0, 0.1) is 11.8 Å². The van der Waals surface area contributed by atoms with E-state index < -0.39 is 0 Å². The fourth-order valence-corrected chi connectivity index (χ4v) is 2.56. The van der Waals surface area contributed by atoms with E-state index in [2.05, 4.69) is 39.0 Å². The molecule has 6 heteroatoms. The Balaban J connectivity index is 2.10. The Morgan fingerprint density at radius 3 is 2.50 bits per heavy atom. The smallest absolute Gasteiger partial charge is 0.323 e. The highest BCUT2D eigenvalue weighted by molar-refractivity contribution is 5.38. The lowest BCUT2D eigenvalue weighted by Gasteiger charge is -2.33. The Morgan fingerprint density at radius 2 is 1.95 bits per heavy atom. The number of anilines is 2. The first kappa shape index (κ1) is 14.8. The van der Waals surface area contributed by atoms with Gasteiger partial charge in [-0.15, -0.1) is 0 Å². The van der Waals surface area contributed by atoms with Crippen LogP contribution in [0.15, 0.2) is 0 Å². The largest absolute Gasteiger partial charge is 0.464 e. The Bertz CT molecular complexity index is 430. The fraction of sp³-hybridized carbons (Fsp3) is 0.786. The van der Waals surface area contributed by atoms with Gasteiger partial charge >= 0.3 is 6.01 Å². The zero-order chi connectivity index (χ0) is 14.5. The third kappa shape index (κ3) is 3.49. The molecule has 0 atom stereocenters. The molecule has 1 saturated heterocycles. The molecule has 0 bridgehead atoms. The van der Waals surface area contributed by atoms with Gasteiger partial charge in [-0.25, -0.2) is 0 Å². The molecule has 0 saturated carbocycles. The number of nitrogens with one attached hydrogen (secondary N) is 1. The van der Waals surface area contributed by atoms with Crippen molar-refractivity contribution in [1.82, 2.24) is 15.0 Å². The minimum atomic E-state index is 0.396. The molecular weight excluding hydrogens is 254 g/mol. The van der Waals surface area contributed by atoms with Crippen LogP contribution in [0.25, 0.3) is 0 Å². The number of piperidine rings is 1. The minimum absolute atomic E-state index is 0.396. The van der Waals surface area contributed by atoms with Crippen molar-refractivity contribution < 1.29 is 4.74 Å². The van der Waals surface area contributed by atoms with Gasteiger partial charge in [-0.3, -0.25) is 0 Å². The van der Waals surface area contributed by atoms with Crippen molar-refractivity contribution in [3.8, 4) is 6.01 Å². The van der Waals surface area contributed by atoms with Crippen LogP contribution in [0.1, 0.15) is 33.6 Å². The lowest BCUT2D eigenvalue weighted by atomic mass is 9.87. The summed E-state index contributed by atoms with van der Waals surface area (Å²) in [6.45, 7) is 9.09. The minimum Gasteiger partial charge on any atom is -0.464 e. The maximum atomic E-state index is 5.41. The summed E-state index contributed by atoms with van der Waals surface area (Å²) in [5.41, 5.74) is 0. The van der Waals surface area contributed by atoms with Gasteiger partial charge in [0.25, 0.3) is 0 Å². The molecule has 1 aromatic rings. The maximum Gasteiger partial charge on any atom is 0.323 e. The van der Waals surface area contributed by atoms with Crippen LogP contribution in [0.3, 0.4) is 0 Å². The third-order valence-electron chi connectivity index (χ3n) is 3.87. The Labute approximate surface area is 121 Å². The second-order valence-electron chi connectivity index (χ2n) is 5.49. The highest BCUT2D eigenvalue weighted by Crippen LogP contribution is 2.27. The SMILES string of the molecule is CCOc1nc(NC)nc(N2CCC(C(C)C)CC2)n1. The van der Waals surface area contributed by atoms with Gasteiger partial charge in [0.1, 0.15) is 0 Å². The van der Waals surface area contributed by atoms with Crippen molar-refractivity contribution in [2.45, 2.75) is 33.6 Å². The molecule has 2 heterocycles. The molecule has 20 heavy (non-hydrogen) atoms. The molecule has 112 valence electrons. The standard InChI is InChI=1S/C14H25N5O/c1-5-20-14-17-12(15-4)16-13(18-14)19-8-6-11(7-9-19)10(2)3/h10-11H,5-9H2,1-4H3,(H,15,16,17,18). The molecule has 0 amide bonds. The summed E-state index contributed by atoms with van der Waals surface area (Å²) < 4.78 is 5.41. The van der Waals surface area contributed by atoms with Crippen molar-refractivity contribution in [3.05, 3.63) is 0 Å². The first-order valence-corrected chi connectivity index (χ1v) is 7.45. The summed E-state index contributed by atoms with van der Waals surface area (Å²) >= 11 is 0. The number of hydrogen-bond donors (Lipinski definition) is 1. The average Bonchev–Trinajstić information content (AvgIpc) is 2.47. The third-order valence-corrected chi connectivity index (χ3v) is 3.87. The van der Waals surface area contributed by atoms with Crippen molar-refractivity contribution in [1.29, 1.82) is 0 Å². The summed E-state index contributed by atoms with van der Waals surface area (Å²) in [5, 5.41) is 2.96. The molecule has 0 aliphatic carbocycles. The highest BCUT2D eigenvalue weighted by Gasteiger charge is 2.23. The molecule has 1 N–H and O–H groups in total. The molecule has 1 aromatic heterocycles. The van der Waals surface area contributed by atoms with Crippen molar-refractivity contribution in [2.75, 3.05) is 37.0 Å². The van der Waals surface area contributed by atoms with Gasteiger partial charge in [0.2, 0.25) is 11.9 Å². The van der Waals surface area contributed by atoms with Crippen LogP contribution < -0.4 is 15.0 Å². The summed E-state index contributed by atoms with van der Waals surface area (Å²) in [6.07, 6.45) is 2.39. The molecule has 6 nitrogen and oxygen atoms in total. The van der Waals surface area contributed by atoms with Crippen molar-refractivity contribution in [2.24, 2.45) is 11.8 Å². The number of rotatable bonds is 5. The lowest BCUT2D eigenvalue weighted by Crippen LogP contribution is -2.36. The van der Waals surface area contributed by atoms with E-state index in [1.807, 2.05) is 6.92 Å². The Hall–Kier alpha value is -1.59. The molecule has 1 aliphatic rings. The van der Waals surface area contributed by atoms with Gasteiger partial charge < -0.3 is 15.0 Å². The number of hydrogen-bond acceptors (Lipinski definition) is 6. The second-order valence-corrected chi connectivity index (χ2v) is 5.49. The quantitative estimate of drug-likeness (QED) is 0.891. The van der Waals surface area contributed by atoms with E-state index in [1.165, 1.54) is 12.8 Å². The number of aromatic nitrogens is 3. The van der Waals surface area contributed by atoms with Crippen molar-refractivity contribution in [3.63, 3.8) is 0 Å². The van der Waals surface area contributed by atoms with Crippen LogP contribution in [0.4, 0.5) is 11.9 Å². The van der Waals surface area contributed by atoms with Gasteiger partial charge in [0, 0.05) is 20.1 Å². The second kappa shape index (κ2) is 6.72. The molecule has 1 aliphatic heterocycles. The van der Waals surface area contributed by atoms with E-state index in [-0.39, 0.29) is 0 Å². The normalized spacial score (nSPS) is 16.6. The molecule has 0 radical (unpaired) electrons. The summed E-state index contributed by atoms with van der Waals surface area (Å²) in [7, 11) is 1.81. The predicted molar refractivity (Wildman–Crippen MR) is 80.3 cm³/mol. The molecule has 0 unspecified atom stereocenters. The van der Waals surface area contributed by atoms with E-state index in [4.69, 9.17) is 4.74 Å². The van der Waals surface area contributed by atoms with Gasteiger partial charge in [-0.05, 0) is 31.6 Å². The first-order valence-electron chi connectivity index (χ1n) is 7.45. The van der Waals surface area contributed by atoms with E-state index >= 15 is 0 Å². The molecule has 2 rings (SSSR count). The number of nitrogens with zero attached hydrogens (tertiary/aromatic N) is 4. The van der Waals surface area contributed by atoms with Gasteiger partial charge in [0.05, 0.1) is 6.61 Å². The van der Waals surface area contributed by atoms with Crippen molar-refractivity contribution >= 4 is 11.9 Å². The molecule has 0 aromatic carbocycles. The molecular formula is C14H25N5O. The predicted octanol–water partition coefficient (Wildman–Crippen LogP) is 2.18. The Kier molecular flexibility index (Phi) is 4.98. The van der Waals surface area contributed by atoms with Gasteiger partial charge in [0.15, 0.2) is 0 Å². The number of ether oxygens (including phenoxy) is 1. The maximum absolute atomic E-state index is 5.41. The molecule has 0 spiro atoms. The topological polar surface area (TPSA) is 63.2 Å². The average molecular weight is 279 g/mol.